The summed E-state index contributed by atoms with van der Waals surface area (Å²) in [5, 5.41) is 8.56. The fraction of sp³-hybridized carbons (Fsp3) is 0.500. The molecule has 0 heterocycles. The number of hydrogen-bond donors (Lipinski definition) is 1. The zero-order chi connectivity index (χ0) is 15.3. The number of halogens is 3. The molecule has 0 amide bonds. The molecule has 1 aromatic rings. The van der Waals surface area contributed by atoms with Gasteiger partial charge in [-0.1, -0.05) is 12.1 Å². The van der Waals surface area contributed by atoms with Crippen LogP contribution in [0.5, 0.6) is 0 Å². The fourth-order valence-corrected chi connectivity index (χ4v) is 1.88. The molecular formula is C14H18F3NO2. The smallest absolute Gasteiger partial charge is 0.416 e. The molecule has 0 aliphatic carbocycles. The number of alkyl halides is 3. The summed E-state index contributed by atoms with van der Waals surface area (Å²) >= 11 is 0. The number of aliphatic carboxylic acids is 1. The van der Waals surface area contributed by atoms with Gasteiger partial charge in [-0.15, -0.1) is 0 Å². The van der Waals surface area contributed by atoms with Gasteiger partial charge < -0.3 is 5.11 Å². The van der Waals surface area contributed by atoms with Crippen molar-refractivity contribution in [3.63, 3.8) is 0 Å². The Balaban J connectivity index is 2.62. The Morgan fingerprint density at radius 1 is 1.30 bits per heavy atom. The number of carbonyl (C=O) groups is 1. The molecule has 0 radical (unpaired) electrons. The molecule has 1 N–H and O–H groups in total. The SMILES string of the molecule is CC(c1ccc(C(F)(F)F)cc1)N(C)CCCC(=O)O. The maximum absolute atomic E-state index is 12.5. The molecule has 0 saturated carbocycles. The second-order valence-electron chi connectivity index (χ2n) is 4.77. The summed E-state index contributed by atoms with van der Waals surface area (Å²) in [6.07, 6.45) is -3.73. The van der Waals surface area contributed by atoms with Gasteiger partial charge in [-0.25, -0.2) is 0 Å². The Bertz CT molecular complexity index is 443. The fourth-order valence-electron chi connectivity index (χ4n) is 1.88. The zero-order valence-corrected chi connectivity index (χ0v) is 11.4. The highest BCUT2D eigenvalue weighted by Gasteiger charge is 2.30. The molecule has 0 saturated heterocycles. The van der Waals surface area contributed by atoms with Crippen LogP contribution in [-0.4, -0.2) is 29.6 Å². The van der Waals surface area contributed by atoms with Gasteiger partial charge in [-0.2, -0.15) is 13.2 Å². The maximum atomic E-state index is 12.5. The van der Waals surface area contributed by atoms with Crippen LogP contribution in [-0.2, 0) is 11.0 Å². The quantitative estimate of drug-likeness (QED) is 0.870. The van der Waals surface area contributed by atoms with E-state index in [4.69, 9.17) is 5.11 Å². The van der Waals surface area contributed by atoms with Crippen LogP contribution in [0.25, 0.3) is 0 Å². The molecule has 20 heavy (non-hydrogen) atoms. The Morgan fingerprint density at radius 2 is 1.85 bits per heavy atom. The number of nitrogens with zero attached hydrogens (tertiary/aromatic N) is 1. The van der Waals surface area contributed by atoms with Crippen LogP contribution in [0.15, 0.2) is 24.3 Å². The van der Waals surface area contributed by atoms with Crippen LogP contribution in [0.3, 0.4) is 0 Å². The van der Waals surface area contributed by atoms with Crippen molar-refractivity contribution >= 4 is 5.97 Å². The predicted octanol–water partition coefficient (Wildman–Crippen LogP) is 3.56. The van der Waals surface area contributed by atoms with Gasteiger partial charge in [0.25, 0.3) is 0 Å². The third-order valence-corrected chi connectivity index (χ3v) is 3.28. The summed E-state index contributed by atoms with van der Waals surface area (Å²) in [7, 11) is 1.82. The molecule has 0 bridgehead atoms. The minimum Gasteiger partial charge on any atom is -0.481 e. The minimum absolute atomic E-state index is 0.0638. The highest BCUT2D eigenvalue weighted by molar-refractivity contribution is 5.66. The van der Waals surface area contributed by atoms with Gasteiger partial charge in [0.05, 0.1) is 5.56 Å². The number of benzene rings is 1. The van der Waals surface area contributed by atoms with Crippen LogP contribution in [0.2, 0.25) is 0 Å². The molecule has 112 valence electrons. The van der Waals surface area contributed by atoms with Crippen molar-refractivity contribution in [1.29, 1.82) is 0 Å². The van der Waals surface area contributed by atoms with Gasteiger partial charge in [-0.3, -0.25) is 9.69 Å². The van der Waals surface area contributed by atoms with E-state index in [-0.39, 0.29) is 12.5 Å². The van der Waals surface area contributed by atoms with Crippen molar-refractivity contribution in [2.24, 2.45) is 0 Å². The molecule has 0 aliphatic heterocycles. The monoisotopic (exact) mass is 289 g/mol. The van der Waals surface area contributed by atoms with E-state index in [1.807, 2.05) is 18.9 Å². The molecule has 3 nitrogen and oxygen atoms in total. The van der Waals surface area contributed by atoms with E-state index >= 15 is 0 Å². The molecule has 1 unspecified atom stereocenters. The first-order valence-electron chi connectivity index (χ1n) is 6.31. The molecule has 1 rings (SSSR count). The van der Waals surface area contributed by atoms with Gasteiger partial charge >= 0.3 is 12.1 Å². The number of rotatable bonds is 6. The van der Waals surface area contributed by atoms with E-state index in [0.717, 1.165) is 17.7 Å². The highest BCUT2D eigenvalue weighted by Crippen LogP contribution is 2.30. The largest absolute Gasteiger partial charge is 0.481 e. The van der Waals surface area contributed by atoms with E-state index in [2.05, 4.69) is 0 Å². The second-order valence-corrected chi connectivity index (χ2v) is 4.77. The van der Waals surface area contributed by atoms with E-state index in [1.165, 1.54) is 12.1 Å². The molecule has 0 fully saturated rings. The van der Waals surface area contributed by atoms with E-state index in [0.29, 0.717) is 13.0 Å². The van der Waals surface area contributed by atoms with Crippen molar-refractivity contribution in [3.05, 3.63) is 35.4 Å². The molecular weight excluding hydrogens is 271 g/mol. The van der Waals surface area contributed by atoms with Crippen LogP contribution >= 0.6 is 0 Å². The minimum atomic E-state index is -4.32. The lowest BCUT2D eigenvalue weighted by Crippen LogP contribution is -2.24. The molecule has 6 heteroatoms. The number of carboxylic acid groups (broad SMARTS) is 1. The lowest BCUT2D eigenvalue weighted by atomic mass is 10.0. The first-order valence-corrected chi connectivity index (χ1v) is 6.31. The van der Waals surface area contributed by atoms with Crippen molar-refractivity contribution in [1.82, 2.24) is 4.90 Å². The van der Waals surface area contributed by atoms with E-state index < -0.39 is 17.7 Å². The Hall–Kier alpha value is -1.56. The van der Waals surface area contributed by atoms with Crippen LogP contribution in [0, 0.1) is 0 Å². The summed E-state index contributed by atoms with van der Waals surface area (Å²) in [5.74, 6) is -0.847. The third kappa shape index (κ3) is 4.85. The maximum Gasteiger partial charge on any atom is 0.416 e. The topological polar surface area (TPSA) is 40.5 Å². The standard InChI is InChI=1S/C14H18F3NO2/c1-10(18(2)9-3-4-13(19)20)11-5-7-12(8-6-11)14(15,16)17/h5-8,10H,3-4,9H2,1-2H3,(H,19,20). The van der Waals surface area contributed by atoms with Crippen LogP contribution < -0.4 is 0 Å². The average molecular weight is 289 g/mol. The predicted molar refractivity (Wildman–Crippen MR) is 69.4 cm³/mol. The third-order valence-electron chi connectivity index (χ3n) is 3.28. The molecule has 1 aromatic carbocycles. The summed E-state index contributed by atoms with van der Waals surface area (Å²) in [5.41, 5.74) is 0.109. The summed E-state index contributed by atoms with van der Waals surface area (Å²) in [6.45, 7) is 2.46. The number of hydrogen-bond acceptors (Lipinski definition) is 2. The first kappa shape index (κ1) is 16.5. The van der Waals surface area contributed by atoms with E-state index in [9.17, 15) is 18.0 Å². The van der Waals surface area contributed by atoms with Crippen molar-refractivity contribution < 1.29 is 23.1 Å². The van der Waals surface area contributed by atoms with Gasteiger partial charge in [-0.05, 0) is 44.6 Å². The van der Waals surface area contributed by atoms with E-state index in [1.54, 1.807) is 0 Å². The Kier molecular flexibility index (Phi) is 5.56. The molecule has 0 spiro atoms. The Morgan fingerprint density at radius 3 is 2.30 bits per heavy atom. The lowest BCUT2D eigenvalue weighted by Gasteiger charge is -2.25. The summed E-state index contributed by atoms with van der Waals surface area (Å²) in [4.78, 5) is 12.3. The van der Waals surface area contributed by atoms with Crippen molar-refractivity contribution in [2.45, 2.75) is 32.0 Å². The van der Waals surface area contributed by atoms with Gasteiger partial charge in [0, 0.05) is 12.5 Å². The number of carboxylic acids is 1. The second kappa shape index (κ2) is 6.74. The lowest BCUT2D eigenvalue weighted by molar-refractivity contribution is -0.138. The average Bonchev–Trinajstić information content (AvgIpc) is 2.36. The first-order chi connectivity index (χ1) is 9.21. The normalized spacial score (nSPS) is 13.5. The van der Waals surface area contributed by atoms with Crippen LogP contribution in [0.1, 0.15) is 36.9 Å². The van der Waals surface area contributed by atoms with Gasteiger partial charge in [0.15, 0.2) is 0 Å². The summed E-state index contributed by atoms with van der Waals surface area (Å²) < 4.78 is 37.4. The van der Waals surface area contributed by atoms with Gasteiger partial charge in [0.2, 0.25) is 0 Å². The van der Waals surface area contributed by atoms with Crippen molar-refractivity contribution in [3.8, 4) is 0 Å². The molecule has 0 aromatic heterocycles. The Labute approximate surface area is 116 Å². The van der Waals surface area contributed by atoms with Crippen LogP contribution in [0.4, 0.5) is 13.2 Å². The highest BCUT2D eigenvalue weighted by atomic mass is 19.4. The van der Waals surface area contributed by atoms with Crippen molar-refractivity contribution in [2.75, 3.05) is 13.6 Å². The molecule has 0 aliphatic rings. The molecule has 1 atom stereocenters. The zero-order valence-electron chi connectivity index (χ0n) is 11.4. The van der Waals surface area contributed by atoms with Gasteiger partial charge in [0.1, 0.15) is 0 Å². The summed E-state index contributed by atoms with van der Waals surface area (Å²) in [6, 6.07) is 4.99.